The Bertz CT molecular complexity index is 810. The van der Waals surface area contributed by atoms with Gasteiger partial charge in [-0.3, -0.25) is 14.2 Å². The van der Waals surface area contributed by atoms with Crippen molar-refractivity contribution in [3.05, 3.63) is 18.4 Å². The zero-order chi connectivity index (χ0) is 20.3. The zero-order valence-electron chi connectivity index (χ0n) is 16.5. The van der Waals surface area contributed by atoms with Gasteiger partial charge < -0.3 is 15.1 Å². The average molecular weight is 406 g/mol. The Morgan fingerprint density at radius 3 is 2.64 bits per heavy atom. The Morgan fingerprint density at radius 1 is 1.32 bits per heavy atom. The molecule has 1 aliphatic rings. The highest BCUT2D eigenvalue weighted by molar-refractivity contribution is 8.00. The number of piperidine rings is 1. The van der Waals surface area contributed by atoms with E-state index in [0.717, 1.165) is 19.5 Å². The normalized spacial score (nSPS) is 20.9. The van der Waals surface area contributed by atoms with Crippen LogP contribution in [0.3, 0.4) is 0 Å². The minimum atomic E-state index is -0.407. The Kier molecular flexibility index (Phi) is 6.43. The van der Waals surface area contributed by atoms with E-state index in [9.17, 15) is 9.59 Å². The Morgan fingerprint density at radius 2 is 2.04 bits per heavy atom. The van der Waals surface area contributed by atoms with E-state index in [1.54, 1.807) is 23.0 Å². The van der Waals surface area contributed by atoms with Crippen LogP contribution in [-0.2, 0) is 16.1 Å². The van der Waals surface area contributed by atoms with Gasteiger partial charge in [0.1, 0.15) is 0 Å². The SMILES string of the molecule is CC1CC(C)CN(C(=O)C(C)Sc2nnc(-c3ccco3)n2CCC(N)=O)C1. The van der Waals surface area contributed by atoms with E-state index in [1.807, 2.05) is 11.8 Å². The van der Waals surface area contributed by atoms with Crippen LogP contribution < -0.4 is 5.73 Å². The largest absolute Gasteiger partial charge is 0.461 e. The number of carbonyl (C=O) groups excluding carboxylic acids is 2. The fourth-order valence-corrected chi connectivity index (χ4v) is 4.66. The molecule has 1 aliphatic heterocycles. The number of hydrogen-bond acceptors (Lipinski definition) is 6. The van der Waals surface area contributed by atoms with Crippen molar-refractivity contribution < 1.29 is 14.0 Å². The Balaban J connectivity index is 1.77. The van der Waals surface area contributed by atoms with Crippen molar-refractivity contribution in [3.8, 4) is 11.6 Å². The molecule has 3 unspecified atom stereocenters. The lowest BCUT2D eigenvalue weighted by Crippen LogP contribution is -2.45. The maximum atomic E-state index is 13.0. The molecule has 3 heterocycles. The molecular formula is C19H27N5O3S. The highest BCUT2D eigenvalue weighted by Crippen LogP contribution is 2.29. The summed E-state index contributed by atoms with van der Waals surface area (Å²) in [5, 5.41) is 8.72. The molecule has 2 aromatic rings. The van der Waals surface area contributed by atoms with E-state index in [-0.39, 0.29) is 17.6 Å². The van der Waals surface area contributed by atoms with Gasteiger partial charge in [0.25, 0.3) is 0 Å². The molecule has 0 saturated carbocycles. The van der Waals surface area contributed by atoms with Gasteiger partial charge >= 0.3 is 0 Å². The highest BCUT2D eigenvalue weighted by atomic mass is 32.2. The molecule has 0 aliphatic carbocycles. The molecule has 28 heavy (non-hydrogen) atoms. The summed E-state index contributed by atoms with van der Waals surface area (Å²) in [6, 6.07) is 3.55. The molecule has 152 valence electrons. The van der Waals surface area contributed by atoms with Gasteiger partial charge in [-0.05, 0) is 37.3 Å². The van der Waals surface area contributed by atoms with E-state index in [2.05, 4.69) is 24.0 Å². The van der Waals surface area contributed by atoms with Gasteiger partial charge in [0.15, 0.2) is 16.7 Å². The fourth-order valence-electron chi connectivity index (χ4n) is 3.70. The molecule has 0 aromatic carbocycles. The third-order valence-electron chi connectivity index (χ3n) is 4.85. The topological polar surface area (TPSA) is 107 Å². The highest BCUT2D eigenvalue weighted by Gasteiger charge is 2.30. The smallest absolute Gasteiger partial charge is 0.235 e. The van der Waals surface area contributed by atoms with E-state index in [1.165, 1.54) is 11.8 Å². The summed E-state index contributed by atoms with van der Waals surface area (Å²) in [5.74, 6) is 1.79. The first-order chi connectivity index (χ1) is 13.3. The van der Waals surface area contributed by atoms with Crippen molar-refractivity contribution in [3.63, 3.8) is 0 Å². The van der Waals surface area contributed by atoms with Crippen molar-refractivity contribution in [2.45, 2.75) is 50.6 Å². The van der Waals surface area contributed by atoms with Gasteiger partial charge in [0.05, 0.1) is 11.5 Å². The molecule has 2 aromatic heterocycles. The van der Waals surface area contributed by atoms with Crippen molar-refractivity contribution in [1.82, 2.24) is 19.7 Å². The number of carbonyl (C=O) groups is 2. The number of furan rings is 1. The van der Waals surface area contributed by atoms with Crippen LogP contribution in [0.5, 0.6) is 0 Å². The molecule has 0 bridgehead atoms. The van der Waals surface area contributed by atoms with E-state index < -0.39 is 5.91 Å². The number of rotatable bonds is 7. The monoisotopic (exact) mass is 405 g/mol. The van der Waals surface area contributed by atoms with Crippen LogP contribution in [0.1, 0.15) is 33.6 Å². The van der Waals surface area contributed by atoms with Crippen LogP contribution in [-0.4, -0.2) is 49.8 Å². The number of aromatic nitrogens is 3. The molecule has 3 atom stereocenters. The molecule has 0 radical (unpaired) electrons. The zero-order valence-corrected chi connectivity index (χ0v) is 17.3. The minimum Gasteiger partial charge on any atom is -0.461 e. The number of hydrogen-bond donors (Lipinski definition) is 1. The summed E-state index contributed by atoms with van der Waals surface area (Å²) in [6.45, 7) is 8.17. The molecule has 8 nitrogen and oxygen atoms in total. The molecule has 9 heteroatoms. The number of likely N-dealkylation sites (tertiary alicyclic amines) is 1. The fraction of sp³-hybridized carbons (Fsp3) is 0.579. The van der Waals surface area contributed by atoms with Crippen LogP contribution in [0.2, 0.25) is 0 Å². The first-order valence-corrected chi connectivity index (χ1v) is 10.4. The van der Waals surface area contributed by atoms with Gasteiger partial charge in [-0.25, -0.2) is 0 Å². The second-order valence-electron chi connectivity index (χ2n) is 7.60. The summed E-state index contributed by atoms with van der Waals surface area (Å²) >= 11 is 1.35. The predicted octanol–water partition coefficient (Wildman–Crippen LogP) is 2.40. The average Bonchev–Trinajstić information content (AvgIpc) is 3.27. The van der Waals surface area contributed by atoms with Crippen molar-refractivity contribution in [2.24, 2.45) is 17.6 Å². The lowest BCUT2D eigenvalue weighted by molar-refractivity contribution is -0.133. The summed E-state index contributed by atoms with van der Waals surface area (Å²) in [4.78, 5) is 26.2. The molecular weight excluding hydrogens is 378 g/mol. The lowest BCUT2D eigenvalue weighted by Gasteiger charge is -2.36. The van der Waals surface area contributed by atoms with E-state index >= 15 is 0 Å². The number of amides is 2. The van der Waals surface area contributed by atoms with E-state index in [0.29, 0.717) is 35.1 Å². The predicted molar refractivity (Wildman–Crippen MR) is 106 cm³/mol. The minimum absolute atomic E-state index is 0.104. The summed E-state index contributed by atoms with van der Waals surface area (Å²) < 4.78 is 7.22. The molecule has 2 amide bonds. The summed E-state index contributed by atoms with van der Waals surface area (Å²) in [6.07, 6.45) is 2.86. The third-order valence-corrected chi connectivity index (χ3v) is 5.92. The van der Waals surface area contributed by atoms with Crippen molar-refractivity contribution in [1.29, 1.82) is 0 Å². The number of nitrogens with zero attached hydrogens (tertiary/aromatic N) is 4. The van der Waals surface area contributed by atoms with E-state index in [4.69, 9.17) is 10.2 Å². The van der Waals surface area contributed by atoms with Gasteiger partial charge in [0, 0.05) is 26.1 Å². The van der Waals surface area contributed by atoms with Gasteiger partial charge in [0.2, 0.25) is 11.8 Å². The quantitative estimate of drug-likeness (QED) is 0.709. The van der Waals surface area contributed by atoms with Crippen molar-refractivity contribution >= 4 is 23.6 Å². The molecule has 1 fully saturated rings. The second kappa shape index (κ2) is 8.81. The first kappa shape index (κ1) is 20.4. The van der Waals surface area contributed by atoms with Gasteiger partial charge in [-0.1, -0.05) is 25.6 Å². The number of thioether (sulfide) groups is 1. The van der Waals surface area contributed by atoms with Crippen LogP contribution in [0.4, 0.5) is 0 Å². The summed E-state index contributed by atoms with van der Waals surface area (Å²) in [7, 11) is 0. The Labute approximate surface area is 168 Å². The maximum Gasteiger partial charge on any atom is 0.235 e. The van der Waals surface area contributed by atoms with Gasteiger partial charge in [-0.2, -0.15) is 0 Å². The van der Waals surface area contributed by atoms with Crippen LogP contribution in [0.25, 0.3) is 11.6 Å². The number of primary amides is 1. The lowest BCUT2D eigenvalue weighted by atomic mass is 9.92. The second-order valence-corrected chi connectivity index (χ2v) is 8.91. The summed E-state index contributed by atoms with van der Waals surface area (Å²) in [5.41, 5.74) is 5.32. The van der Waals surface area contributed by atoms with Crippen LogP contribution in [0, 0.1) is 11.8 Å². The van der Waals surface area contributed by atoms with Crippen LogP contribution in [0.15, 0.2) is 28.0 Å². The number of nitrogens with two attached hydrogens (primary N) is 1. The molecule has 1 saturated heterocycles. The van der Waals surface area contributed by atoms with Crippen molar-refractivity contribution in [2.75, 3.05) is 13.1 Å². The molecule has 2 N–H and O–H groups in total. The Hall–Kier alpha value is -2.29. The maximum absolute atomic E-state index is 13.0. The third kappa shape index (κ3) is 4.76. The standard InChI is InChI=1S/C19H27N5O3S/c1-12-9-13(2)11-23(10-12)18(26)14(3)28-19-22-21-17(15-5-4-8-27-15)24(19)7-6-16(20)25/h4-5,8,12-14H,6-7,9-11H2,1-3H3,(H2,20,25). The molecule has 0 spiro atoms. The van der Waals surface area contributed by atoms with Crippen LogP contribution >= 0.6 is 11.8 Å². The molecule has 3 rings (SSSR count). The van der Waals surface area contributed by atoms with Gasteiger partial charge in [-0.15, -0.1) is 10.2 Å². The first-order valence-electron chi connectivity index (χ1n) is 9.56.